The fraction of sp³-hybridized carbons (Fsp3) is 0. The molecule has 3 rings (SSSR count). The average Bonchev–Trinajstić information content (AvgIpc) is 2.88. The zero-order valence-corrected chi connectivity index (χ0v) is 10.6. The standard InChI is InChI=1S/C15H11N3O2/c19-18(20)12-5-3-4-11(10-12)8-9-15-16-13-6-1-2-7-14(13)17-15/h1-10H,(H,16,17)/p+1. The molecule has 5 heteroatoms. The molecule has 0 saturated heterocycles. The number of nitrogens with two attached hydrogens (primary N) is 1. The summed E-state index contributed by atoms with van der Waals surface area (Å²) >= 11 is 0. The second-order valence-corrected chi connectivity index (χ2v) is 4.43. The van der Waals surface area contributed by atoms with Crippen LogP contribution in [0.4, 0.5) is 17.1 Å². The number of benzene rings is 2. The van der Waals surface area contributed by atoms with Crippen LogP contribution in [0.2, 0.25) is 0 Å². The first-order valence-electron chi connectivity index (χ1n) is 6.17. The maximum absolute atomic E-state index is 10.7. The lowest BCUT2D eigenvalue weighted by Gasteiger charge is -1.94. The molecule has 0 radical (unpaired) electrons. The van der Waals surface area contributed by atoms with E-state index in [9.17, 15) is 10.1 Å². The number of hydrogen-bond acceptors (Lipinski definition) is 3. The largest absolute Gasteiger partial charge is 0.270 e. The Morgan fingerprint density at radius 3 is 2.75 bits per heavy atom. The van der Waals surface area contributed by atoms with Crippen molar-refractivity contribution >= 4 is 29.0 Å². The molecule has 1 aliphatic rings. The molecular formula is C15H12N3O2+. The van der Waals surface area contributed by atoms with Gasteiger partial charge in [0.25, 0.3) is 5.69 Å². The molecule has 0 aromatic heterocycles. The third kappa shape index (κ3) is 2.48. The SMILES string of the molecule is O=[N+]([O-])c1cccc(C=CC2=Nc3ccccc3[NH2+]2)c1. The van der Waals surface area contributed by atoms with Gasteiger partial charge in [-0.3, -0.25) is 15.4 Å². The first kappa shape index (κ1) is 12.3. The summed E-state index contributed by atoms with van der Waals surface area (Å²) in [6.07, 6.45) is 3.69. The molecule has 0 amide bonds. The molecule has 1 heterocycles. The van der Waals surface area contributed by atoms with Crippen LogP contribution in [-0.4, -0.2) is 10.8 Å². The zero-order valence-electron chi connectivity index (χ0n) is 10.6. The lowest BCUT2D eigenvalue weighted by molar-refractivity contribution is -0.436. The lowest BCUT2D eigenvalue weighted by Crippen LogP contribution is -2.79. The number of hydrogen-bond donors (Lipinski definition) is 1. The van der Waals surface area contributed by atoms with Gasteiger partial charge >= 0.3 is 0 Å². The van der Waals surface area contributed by atoms with Crippen LogP contribution in [0.15, 0.2) is 59.6 Å². The molecular weight excluding hydrogens is 254 g/mol. The van der Waals surface area contributed by atoms with Crippen molar-refractivity contribution in [2.24, 2.45) is 4.99 Å². The van der Waals surface area contributed by atoms with Gasteiger partial charge in [-0.2, -0.15) is 4.99 Å². The van der Waals surface area contributed by atoms with Crippen LogP contribution in [0.3, 0.4) is 0 Å². The number of nitro benzene ring substituents is 1. The van der Waals surface area contributed by atoms with E-state index in [0.29, 0.717) is 0 Å². The van der Waals surface area contributed by atoms with E-state index in [1.807, 2.05) is 47.8 Å². The molecule has 0 aliphatic carbocycles. The van der Waals surface area contributed by atoms with Crippen molar-refractivity contribution in [2.45, 2.75) is 0 Å². The van der Waals surface area contributed by atoms with Gasteiger partial charge in [-0.15, -0.1) is 0 Å². The van der Waals surface area contributed by atoms with Crippen LogP contribution < -0.4 is 5.32 Å². The molecule has 98 valence electrons. The van der Waals surface area contributed by atoms with E-state index in [4.69, 9.17) is 0 Å². The highest BCUT2D eigenvalue weighted by atomic mass is 16.6. The number of non-ortho nitro benzene ring substituents is 1. The number of rotatable bonds is 3. The molecule has 0 fully saturated rings. The summed E-state index contributed by atoms with van der Waals surface area (Å²) in [7, 11) is 0. The summed E-state index contributed by atoms with van der Waals surface area (Å²) in [4.78, 5) is 14.8. The number of quaternary nitrogens is 1. The van der Waals surface area contributed by atoms with Crippen LogP contribution in [0.5, 0.6) is 0 Å². The van der Waals surface area contributed by atoms with Crippen molar-refractivity contribution < 1.29 is 10.2 Å². The van der Waals surface area contributed by atoms with Crippen LogP contribution in [0, 0.1) is 10.1 Å². The Morgan fingerprint density at radius 2 is 1.95 bits per heavy atom. The molecule has 0 bridgehead atoms. The third-order valence-corrected chi connectivity index (χ3v) is 3.02. The lowest BCUT2D eigenvalue weighted by atomic mass is 10.2. The Balaban J connectivity index is 1.80. The number of amidine groups is 1. The zero-order chi connectivity index (χ0) is 13.9. The van der Waals surface area contributed by atoms with Crippen LogP contribution in [-0.2, 0) is 0 Å². The highest BCUT2D eigenvalue weighted by Crippen LogP contribution is 2.23. The van der Waals surface area contributed by atoms with E-state index in [1.165, 1.54) is 6.07 Å². The van der Waals surface area contributed by atoms with Crippen molar-refractivity contribution in [3.63, 3.8) is 0 Å². The monoisotopic (exact) mass is 266 g/mol. The normalized spacial score (nSPS) is 13.3. The second kappa shape index (κ2) is 5.07. The Bertz CT molecular complexity index is 735. The van der Waals surface area contributed by atoms with Gasteiger partial charge in [0.15, 0.2) is 5.69 Å². The molecule has 1 aliphatic heterocycles. The number of fused-ring (bicyclic) bond motifs is 1. The highest BCUT2D eigenvalue weighted by molar-refractivity contribution is 5.95. The smallest absolute Gasteiger partial charge is 0.263 e. The first-order valence-corrected chi connectivity index (χ1v) is 6.17. The fourth-order valence-corrected chi connectivity index (χ4v) is 2.05. The van der Waals surface area contributed by atoms with Crippen LogP contribution in [0.25, 0.3) is 6.08 Å². The number of nitro groups is 1. The van der Waals surface area contributed by atoms with Crippen LogP contribution >= 0.6 is 0 Å². The van der Waals surface area contributed by atoms with Crippen molar-refractivity contribution in [3.05, 3.63) is 70.3 Å². The third-order valence-electron chi connectivity index (χ3n) is 3.02. The van der Waals surface area contributed by atoms with E-state index in [2.05, 4.69) is 4.99 Å². The van der Waals surface area contributed by atoms with E-state index in [1.54, 1.807) is 12.1 Å². The summed E-state index contributed by atoms with van der Waals surface area (Å²) < 4.78 is 0. The van der Waals surface area contributed by atoms with Crippen molar-refractivity contribution in [1.82, 2.24) is 0 Å². The van der Waals surface area contributed by atoms with E-state index >= 15 is 0 Å². The van der Waals surface area contributed by atoms with E-state index < -0.39 is 4.92 Å². The maximum Gasteiger partial charge on any atom is 0.270 e. The summed E-state index contributed by atoms with van der Waals surface area (Å²) in [5, 5.41) is 12.7. The molecule has 2 aromatic rings. The molecule has 0 spiro atoms. The molecule has 0 atom stereocenters. The van der Waals surface area contributed by atoms with E-state index in [0.717, 1.165) is 22.8 Å². The minimum absolute atomic E-state index is 0.0905. The Labute approximate surface area is 115 Å². The Morgan fingerprint density at radius 1 is 1.10 bits per heavy atom. The minimum atomic E-state index is -0.396. The van der Waals surface area contributed by atoms with Gasteiger partial charge in [-0.05, 0) is 17.7 Å². The topological polar surface area (TPSA) is 72.1 Å². The molecule has 0 saturated carbocycles. The first-order chi connectivity index (χ1) is 9.72. The van der Waals surface area contributed by atoms with Crippen molar-refractivity contribution in [3.8, 4) is 0 Å². The average molecular weight is 266 g/mol. The molecule has 2 N–H and O–H groups in total. The summed E-state index contributed by atoms with van der Waals surface area (Å²) in [5.74, 6) is 0.845. The minimum Gasteiger partial charge on any atom is -0.263 e. The number of aliphatic imine (C=N–C) groups is 1. The number of para-hydroxylation sites is 2. The van der Waals surface area contributed by atoms with Gasteiger partial charge in [-0.1, -0.05) is 24.3 Å². The predicted octanol–water partition coefficient (Wildman–Crippen LogP) is 2.55. The fourth-order valence-electron chi connectivity index (χ4n) is 2.05. The molecule has 5 nitrogen and oxygen atoms in total. The van der Waals surface area contributed by atoms with Gasteiger partial charge in [0.2, 0.25) is 5.84 Å². The second-order valence-electron chi connectivity index (χ2n) is 4.43. The predicted molar refractivity (Wildman–Crippen MR) is 77.3 cm³/mol. The molecule has 20 heavy (non-hydrogen) atoms. The van der Waals surface area contributed by atoms with Gasteiger partial charge in [-0.25, -0.2) is 0 Å². The molecule has 2 aromatic carbocycles. The van der Waals surface area contributed by atoms with E-state index in [-0.39, 0.29) is 5.69 Å². The summed E-state index contributed by atoms with van der Waals surface area (Å²) in [6, 6.07) is 14.4. The summed E-state index contributed by atoms with van der Waals surface area (Å²) in [5.41, 5.74) is 2.91. The van der Waals surface area contributed by atoms with Gasteiger partial charge in [0.1, 0.15) is 5.69 Å². The molecule has 0 unspecified atom stereocenters. The van der Waals surface area contributed by atoms with Gasteiger partial charge in [0.05, 0.1) is 4.92 Å². The van der Waals surface area contributed by atoms with Gasteiger partial charge in [0, 0.05) is 24.3 Å². The van der Waals surface area contributed by atoms with Crippen LogP contribution in [0.1, 0.15) is 5.56 Å². The highest BCUT2D eigenvalue weighted by Gasteiger charge is 2.15. The Hall–Kier alpha value is -2.79. The van der Waals surface area contributed by atoms with Crippen molar-refractivity contribution in [1.29, 1.82) is 0 Å². The quantitative estimate of drug-likeness (QED) is 0.526. The number of nitrogens with zero attached hydrogens (tertiary/aromatic N) is 2. The Kier molecular flexibility index (Phi) is 3.10. The summed E-state index contributed by atoms with van der Waals surface area (Å²) in [6.45, 7) is 0. The van der Waals surface area contributed by atoms with Gasteiger partial charge < -0.3 is 0 Å². The maximum atomic E-state index is 10.7. The van der Waals surface area contributed by atoms with Crippen molar-refractivity contribution in [2.75, 3.05) is 0 Å².